The van der Waals surface area contributed by atoms with E-state index in [9.17, 15) is 9.59 Å². The Morgan fingerprint density at radius 1 is 1.04 bits per heavy atom. The third-order valence-corrected chi connectivity index (χ3v) is 5.35. The Kier molecular flexibility index (Phi) is 6.50. The maximum atomic E-state index is 12.7. The molecule has 1 aromatic rings. The van der Waals surface area contributed by atoms with Gasteiger partial charge in [0.25, 0.3) is 0 Å². The third kappa shape index (κ3) is 4.55. The summed E-state index contributed by atoms with van der Waals surface area (Å²) in [6, 6.07) is 10.0. The molecule has 0 N–H and O–H groups in total. The third-order valence-electron chi connectivity index (χ3n) is 5.35. The zero-order valence-corrected chi connectivity index (χ0v) is 15.6. The summed E-state index contributed by atoms with van der Waals surface area (Å²) in [5.74, 6) is 0.432. The van der Waals surface area contributed by atoms with Gasteiger partial charge < -0.3 is 19.4 Å². The Bertz CT molecular complexity index is 594. The van der Waals surface area contributed by atoms with Crippen molar-refractivity contribution in [2.24, 2.45) is 5.92 Å². The number of morpholine rings is 1. The molecule has 2 aliphatic rings. The van der Waals surface area contributed by atoms with Crippen molar-refractivity contribution in [1.82, 2.24) is 9.80 Å². The predicted molar refractivity (Wildman–Crippen MR) is 101 cm³/mol. The summed E-state index contributed by atoms with van der Waals surface area (Å²) in [6.07, 6.45) is 1.53. The summed E-state index contributed by atoms with van der Waals surface area (Å²) in [5.41, 5.74) is 1.07. The molecule has 3 rings (SSSR count). The van der Waals surface area contributed by atoms with Gasteiger partial charge in [-0.3, -0.25) is 9.59 Å². The van der Waals surface area contributed by atoms with Crippen LogP contribution in [0.5, 0.6) is 0 Å². The zero-order chi connectivity index (χ0) is 18.4. The first-order valence-corrected chi connectivity index (χ1v) is 9.63. The van der Waals surface area contributed by atoms with E-state index >= 15 is 0 Å². The molecule has 6 heteroatoms. The summed E-state index contributed by atoms with van der Waals surface area (Å²) in [4.78, 5) is 31.2. The van der Waals surface area contributed by atoms with Gasteiger partial charge in [0, 0.05) is 44.3 Å². The van der Waals surface area contributed by atoms with Crippen molar-refractivity contribution in [3.05, 3.63) is 30.3 Å². The minimum absolute atomic E-state index is 0.0496. The van der Waals surface area contributed by atoms with Gasteiger partial charge in [-0.05, 0) is 31.9 Å². The number of hydrogen-bond acceptors (Lipinski definition) is 4. The van der Waals surface area contributed by atoms with Crippen LogP contribution in [0.15, 0.2) is 30.3 Å². The maximum absolute atomic E-state index is 12.7. The molecular weight excluding hydrogens is 330 g/mol. The van der Waals surface area contributed by atoms with Crippen LogP contribution < -0.4 is 4.90 Å². The van der Waals surface area contributed by atoms with Crippen LogP contribution >= 0.6 is 0 Å². The van der Waals surface area contributed by atoms with Gasteiger partial charge in [0.15, 0.2) is 0 Å². The average molecular weight is 359 g/mol. The molecule has 2 fully saturated rings. The quantitative estimate of drug-likeness (QED) is 0.802. The highest BCUT2D eigenvalue weighted by molar-refractivity contribution is 5.82. The van der Waals surface area contributed by atoms with Crippen molar-refractivity contribution in [1.29, 1.82) is 0 Å². The minimum atomic E-state index is 0.0496. The SMILES string of the molecule is CCN(CC(=O)N1CCC(C(=O)N2CCOCC2)CC1)c1ccccc1. The summed E-state index contributed by atoms with van der Waals surface area (Å²) in [6.45, 7) is 7.25. The van der Waals surface area contributed by atoms with Crippen molar-refractivity contribution in [2.45, 2.75) is 19.8 Å². The lowest BCUT2D eigenvalue weighted by Gasteiger charge is -2.36. The lowest BCUT2D eigenvalue weighted by atomic mass is 9.95. The molecule has 2 saturated heterocycles. The summed E-state index contributed by atoms with van der Waals surface area (Å²) >= 11 is 0. The van der Waals surface area contributed by atoms with Crippen molar-refractivity contribution < 1.29 is 14.3 Å². The Morgan fingerprint density at radius 3 is 2.31 bits per heavy atom. The molecule has 142 valence electrons. The van der Waals surface area contributed by atoms with Crippen LogP contribution in [-0.4, -0.2) is 74.1 Å². The van der Waals surface area contributed by atoms with Crippen LogP contribution in [0.1, 0.15) is 19.8 Å². The fourth-order valence-corrected chi connectivity index (χ4v) is 3.71. The van der Waals surface area contributed by atoms with Crippen molar-refractivity contribution in [3.63, 3.8) is 0 Å². The molecule has 2 amide bonds. The van der Waals surface area contributed by atoms with Gasteiger partial charge >= 0.3 is 0 Å². The maximum Gasteiger partial charge on any atom is 0.242 e. The monoisotopic (exact) mass is 359 g/mol. The number of carbonyl (C=O) groups is 2. The number of carbonyl (C=O) groups excluding carboxylic acids is 2. The number of hydrogen-bond donors (Lipinski definition) is 0. The smallest absolute Gasteiger partial charge is 0.242 e. The second-order valence-electron chi connectivity index (χ2n) is 6.94. The topological polar surface area (TPSA) is 53.1 Å². The predicted octanol–water partition coefficient (Wildman–Crippen LogP) is 1.61. The van der Waals surface area contributed by atoms with Crippen molar-refractivity contribution in [2.75, 3.05) is 57.4 Å². The molecule has 0 aliphatic carbocycles. The number of likely N-dealkylation sites (N-methyl/N-ethyl adjacent to an activating group) is 1. The van der Waals surface area contributed by atoms with E-state index in [1.54, 1.807) is 0 Å². The molecular formula is C20H29N3O3. The van der Waals surface area contributed by atoms with Crippen molar-refractivity contribution in [3.8, 4) is 0 Å². The van der Waals surface area contributed by atoms with E-state index in [2.05, 4.69) is 11.8 Å². The second-order valence-corrected chi connectivity index (χ2v) is 6.94. The largest absolute Gasteiger partial charge is 0.378 e. The fourth-order valence-electron chi connectivity index (χ4n) is 3.71. The first kappa shape index (κ1) is 18.7. The van der Waals surface area contributed by atoms with E-state index in [-0.39, 0.29) is 17.7 Å². The Hall–Kier alpha value is -2.08. The molecule has 2 heterocycles. The first-order chi connectivity index (χ1) is 12.7. The number of anilines is 1. The number of ether oxygens (including phenoxy) is 1. The number of rotatable bonds is 5. The van der Waals surface area contributed by atoms with Gasteiger partial charge in [-0.2, -0.15) is 0 Å². The number of likely N-dealkylation sites (tertiary alicyclic amines) is 1. The van der Waals surface area contributed by atoms with Crippen LogP contribution in [-0.2, 0) is 14.3 Å². The second kappa shape index (κ2) is 9.03. The molecule has 2 aliphatic heterocycles. The summed E-state index contributed by atoms with van der Waals surface area (Å²) in [7, 11) is 0. The molecule has 0 saturated carbocycles. The highest BCUT2D eigenvalue weighted by Gasteiger charge is 2.31. The van der Waals surface area contributed by atoms with Gasteiger partial charge in [0.2, 0.25) is 11.8 Å². The molecule has 0 atom stereocenters. The fraction of sp³-hybridized carbons (Fsp3) is 0.600. The van der Waals surface area contributed by atoms with Crippen molar-refractivity contribution >= 4 is 17.5 Å². The lowest BCUT2D eigenvalue weighted by Crippen LogP contribution is -2.49. The first-order valence-electron chi connectivity index (χ1n) is 9.63. The molecule has 26 heavy (non-hydrogen) atoms. The van der Waals surface area contributed by atoms with Crippen LogP contribution in [0.3, 0.4) is 0 Å². The number of amides is 2. The Morgan fingerprint density at radius 2 is 1.69 bits per heavy atom. The Balaban J connectivity index is 1.49. The van der Waals surface area contributed by atoms with Crippen LogP contribution in [0, 0.1) is 5.92 Å². The number of benzene rings is 1. The van der Waals surface area contributed by atoms with Gasteiger partial charge in [0.1, 0.15) is 0 Å². The van der Waals surface area contributed by atoms with Crippen LogP contribution in [0.2, 0.25) is 0 Å². The van der Waals surface area contributed by atoms with E-state index < -0.39 is 0 Å². The molecule has 0 spiro atoms. The molecule has 0 bridgehead atoms. The van der Waals surface area contributed by atoms with Gasteiger partial charge in [-0.25, -0.2) is 0 Å². The number of nitrogens with zero attached hydrogens (tertiary/aromatic N) is 3. The molecule has 1 aromatic carbocycles. The van der Waals surface area contributed by atoms with Gasteiger partial charge in [-0.1, -0.05) is 18.2 Å². The Labute approximate surface area is 155 Å². The van der Waals surface area contributed by atoms with E-state index in [1.807, 2.05) is 40.1 Å². The van der Waals surface area contributed by atoms with E-state index in [0.717, 1.165) is 25.1 Å². The zero-order valence-electron chi connectivity index (χ0n) is 15.6. The van der Waals surface area contributed by atoms with Gasteiger partial charge in [-0.15, -0.1) is 0 Å². The lowest BCUT2D eigenvalue weighted by molar-refractivity contribution is -0.143. The highest BCUT2D eigenvalue weighted by atomic mass is 16.5. The normalized spacial score (nSPS) is 18.7. The summed E-state index contributed by atoms with van der Waals surface area (Å²) < 4.78 is 5.32. The minimum Gasteiger partial charge on any atom is -0.378 e. The number of piperidine rings is 1. The average Bonchev–Trinajstić information content (AvgIpc) is 2.72. The van der Waals surface area contributed by atoms with E-state index in [1.165, 1.54) is 0 Å². The highest BCUT2D eigenvalue weighted by Crippen LogP contribution is 2.21. The summed E-state index contributed by atoms with van der Waals surface area (Å²) in [5, 5.41) is 0. The van der Waals surface area contributed by atoms with Crippen LogP contribution in [0.25, 0.3) is 0 Å². The molecule has 0 unspecified atom stereocenters. The number of para-hydroxylation sites is 1. The molecule has 0 aromatic heterocycles. The van der Waals surface area contributed by atoms with E-state index in [0.29, 0.717) is 45.9 Å². The molecule has 6 nitrogen and oxygen atoms in total. The van der Waals surface area contributed by atoms with Gasteiger partial charge in [0.05, 0.1) is 19.8 Å². The molecule has 0 radical (unpaired) electrons. The van der Waals surface area contributed by atoms with E-state index in [4.69, 9.17) is 4.74 Å². The standard InChI is InChI=1S/C20H29N3O3/c1-2-21(18-6-4-3-5-7-18)16-19(24)22-10-8-17(9-11-22)20(25)23-12-14-26-15-13-23/h3-7,17H,2,8-16H2,1H3. The van der Waals surface area contributed by atoms with Crippen LogP contribution in [0.4, 0.5) is 5.69 Å².